The van der Waals surface area contributed by atoms with Gasteiger partial charge in [0.05, 0.1) is 0 Å². The van der Waals surface area contributed by atoms with Gasteiger partial charge in [-0.25, -0.2) is 0 Å². The van der Waals surface area contributed by atoms with Crippen LogP contribution in [0.3, 0.4) is 0 Å². The predicted octanol–water partition coefficient (Wildman–Crippen LogP) is 4.52. The largest absolute Gasteiger partial charge is 0.383 e. The van der Waals surface area contributed by atoms with Crippen LogP contribution in [-0.4, -0.2) is 17.5 Å². The van der Waals surface area contributed by atoms with Crippen molar-refractivity contribution in [3.05, 3.63) is 29.3 Å². The van der Waals surface area contributed by atoms with Gasteiger partial charge in [0.1, 0.15) is 0 Å². The molecule has 1 aromatic carbocycles. The van der Waals surface area contributed by atoms with Crippen molar-refractivity contribution in [2.24, 2.45) is 0 Å². The van der Waals surface area contributed by atoms with Gasteiger partial charge in [-0.3, -0.25) is 4.72 Å². The molecule has 0 aliphatic carbocycles. The molecule has 0 aliphatic rings. The standard InChI is InChI=1S/C15H26N2S2/c1-11(2)17-15-7-6-13(10-19-12(3)4)14(8-15)9-16-18-5/h6-8,11-12,16-17H,9-10H2,1-5H3. The third-order valence-corrected chi connectivity index (χ3v) is 4.22. The summed E-state index contributed by atoms with van der Waals surface area (Å²) in [7, 11) is 0. The summed E-state index contributed by atoms with van der Waals surface area (Å²) in [6.45, 7) is 9.76. The van der Waals surface area contributed by atoms with Crippen molar-refractivity contribution in [1.82, 2.24) is 4.72 Å². The first-order chi connectivity index (χ1) is 9.02. The summed E-state index contributed by atoms with van der Waals surface area (Å²) in [4.78, 5) is 0. The van der Waals surface area contributed by atoms with E-state index >= 15 is 0 Å². The van der Waals surface area contributed by atoms with E-state index < -0.39 is 0 Å². The maximum Gasteiger partial charge on any atom is 0.0345 e. The Morgan fingerprint density at radius 2 is 1.84 bits per heavy atom. The average molecular weight is 299 g/mol. The molecule has 0 bridgehead atoms. The highest BCUT2D eigenvalue weighted by Gasteiger charge is 2.06. The predicted molar refractivity (Wildman–Crippen MR) is 92.0 cm³/mol. The molecule has 19 heavy (non-hydrogen) atoms. The number of anilines is 1. The molecule has 0 spiro atoms. The molecule has 0 radical (unpaired) electrons. The first kappa shape index (κ1) is 16.7. The van der Waals surface area contributed by atoms with Gasteiger partial charge < -0.3 is 5.32 Å². The van der Waals surface area contributed by atoms with E-state index in [2.05, 4.69) is 62.2 Å². The van der Waals surface area contributed by atoms with Crippen molar-refractivity contribution in [3.8, 4) is 0 Å². The van der Waals surface area contributed by atoms with Crippen LogP contribution in [0.25, 0.3) is 0 Å². The summed E-state index contributed by atoms with van der Waals surface area (Å²) < 4.78 is 3.35. The molecule has 0 aliphatic heterocycles. The minimum absolute atomic E-state index is 0.470. The molecule has 0 heterocycles. The first-order valence-corrected chi connectivity index (χ1v) is 9.06. The maximum absolute atomic E-state index is 3.47. The van der Waals surface area contributed by atoms with E-state index in [-0.39, 0.29) is 0 Å². The Morgan fingerprint density at radius 3 is 2.42 bits per heavy atom. The van der Waals surface area contributed by atoms with E-state index in [0.29, 0.717) is 11.3 Å². The second-order valence-corrected chi connectivity index (χ2v) is 7.43. The highest BCUT2D eigenvalue weighted by molar-refractivity contribution is 7.99. The van der Waals surface area contributed by atoms with Crippen molar-refractivity contribution in [1.29, 1.82) is 0 Å². The van der Waals surface area contributed by atoms with Crippen LogP contribution >= 0.6 is 23.7 Å². The highest BCUT2D eigenvalue weighted by Crippen LogP contribution is 2.23. The zero-order valence-electron chi connectivity index (χ0n) is 12.6. The molecule has 1 rings (SSSR count). The zero-order valence-corrected chi connectivity index (χ0v) is 14.3. The molecule has 4 heteroatoms. The third kappa shape index (κ3) is 6.59. The van der Waals surface area contributed by atoms with Crippen molar-refractivity contribution < 1.29 is 0 Å². The summed E-state index contributed by atoms with van der Waals surface area (Å²) in [5, 5.41) is 4.15. The Kier molecular flexibility index (Phi) is 7.73. The summed E-state index contributed by atoms with van der Waals surface area (Å²) in [6, 6.07) is 7.20. The smallest absolute Gasteiger partial charge is 0.0345 e. The van der Waals surface area contributed by atoms with Gasteiger partial charge in [-0.2, -0.15) is 11.8 Å². The Morgan fingerprint density at radius 1 is 1.11 bits per heavy atom. The summed E-state index contributed by atoms with van der Waals surface area (Å²) in [5.74, 6) is 1.09. The SMILES string of the molecule is CSNCc1cc(NC(C)C)ccc1CSC(C)C. The van der Waals surface area contributed by atoms with Crippen LogP contribution in [0.2, 0.25) is 0 Å². The molecule has 0 atom stereocenters. The second kappa shape index (κ2) is 8.77. The number of thioether (sulfide) groups is 1. The van der Waals surface area contributed by atoms with Crippen molar-refractivity contribution in [3.63, 3.8) is 0 Å². The van der Waals surface area contributed by atoms with Gasteiger partial charge in [-0.05, 0) is 48.6 Å². The minimum atomic E-state index is 0.470. The topological polar surface area (TPSA) is 24.1 Å². The lowest BCUT2D eigenvalue weighted by atomic mass is 10.1. The maximum atomic E-state index is 3.47. The summed E-state index contributed by atoms with van der Waals surface area (Å²) >= 11 is 3.67. The van der Waals surface area contributed by atoms with Crippen molar-refractivity contribution in [2.75, 3.05) is 11.6 Å². The van der Waals surface area contributed by atoms with E-state index in [1.165, 1.54) is 16.8 Å². The Bertz CT molecular complexity index is 378. The Balaban J connectivity index is 2.82. The molecule has 2 nitrogen and oxygen atoms in total. The first-order valence-electron chi connectivity index (χ1n) is 6.78. The quantitative estimate of drug-likeness (QED) is 0.689. The molecular weight excluding hydrogens is 272 g/mol. The van der Waals surface area contributed by atoms with Gasteiger partial charge >= 0.3 is 0 Å². The lowest BCUT2D eigenvalue weighted by molar-refractivity contribution is 0.895. The van der Waals surface area contributed by atoms with E-state index in [9.17, 15) is 0 Å². The summed E-state index contributed by atoms with van der Waals surface area (Å²) in [5.41, 5.74) is 4.05. The van der Waals surface area contributed by atoms with Crippen LogP contribution in [0.4, 0.5) is 5.69 Å². The van der Waals surface area contributed by atoms with Crippen LogP contribution in [0.1, 0.15) is 38.8 Å². The summed E-state index contributed by atoms with van der Waals surface area (Å²) in [6.07, 6.45) is 2.07. The molecular formula is C15H26N2S2. The number of hydrogen-bond acceptors (Lipinski definition) is 4. The highest BCUT2D eigenvalue weighted by atomic mass is 32.2. The second-order valence-electron chi connectivity index (χ2n) is 5.17. The molecule has 0 amide bonds. The third-order valence-electron chi connectivity index (χ3n) is 2.64. The van der Waals surface area contributed by atoms with Gasteiger partial charge in [-0.15, -0.1) is 0 Å². The molecule has 0 fully saturated rings. The van der Waals surface area contributed by atoms with Gasteiger partial charge in [-0.1, -0.05) is 31.9 Å². The number of benzene rings is 1. The zero-order chi connectivity index (χ0) is 14.3. The molecule has 1 aromatic rings. The molecule has 0 saturated heterocycles. The molecule has 0 aromatic heterocycles. The normalized spacial score (nSPS) is 11.3. The fourth-order valence-electron chi connectivity index (χ4n) is 1.76. The molecule has 2 N–H and O–H groups in total. The van der Waals surface area contributed by atoms with Crippen LogP contribution < -0.4 is 10.0 Å². The van der Waals surface area contributed by atoms with Crippen LogP contribution in [0.15, 0.2) is 18.2 Å². The van der Waals surface area contributed by atoms with Gasteiger partial charge in [0.25, 0.3) is 0 Å². The van der Waals surface area contributed by atoms with Crippen LogP contribution in [0.5, 0.6) is 0 Å². The van der Waals surface area contributed by atoms with E-state index in [0.717, 1.165) is 12.3 Å². The molecule has 108 valence electrons. The average Bonchev–Trinajstić information content (AvgIpc) is 2.34. The minimum Gasteiger partial charge on any atom is -0.383 e. The fourth-order valence-corrected chi connectivity index (χ4v) is 2.86. The van der Waals surface area contributed by atoms with Gasteiger partial charge in [0.15, 0.2) is 0 Å². The van der Waals surface area contributed by atoms with E-state index in [1.807, 2.05) is 11.8 Å². The fraction of sp³-hybridized carbons (Fsp3) is 0.600. The number of nitrogens with one attached hydrogen (secondary N) is 2. The molecule has 0 saturated carbocycles. The van der Waals surface area contributed by atoms with Gasteiger partial charge in [0, 0.05) is 24.0 Å². The van der Waals surface area contributed by atoms with Crippen LogP contribution in [-0.2, 0) is 12.3 Å². The Hall–Kier alpha value is -0.320. The van der Waals surface area contributed by atoms with Crippen molar-refractivity contribution in [2.45, 2.75) is 51.3 Å². The van der Waals surface area contributed by atoms with E-state index in [1.54, 1.807) is 11.9 Å². The lowest BCUT2D eigenvalue weighted by Gasteiger charge is -2.15. The van der Waals surface area contributed by atoms with Crippen molar-refractivity contribution >= 4 is 29.4 Å². The number of hydrogen-bond donors (Lipinski definition) is 2. The Labute approximate surface area is 126 Å². The van der Waals surface area contributed by atoms with Gasteiger partial charge in [0.2, 0.25) is 0 Å². The number of rotatable bonds is 8. The molecule has 0 unspecified atom stereocenters. The monoisotopic (exact) mass is 298 g/mol. The van der Waals surface area contributed by atoms with Crippen LogP contribution in [0, 0.1) is 0 Å². The van der Waals surface area contributed by atoms with E-state index in [4.69, 9.17) is 0 Å². The lowest BCUT2D eigenvalue weighted by Crippen LogP contribution is -2.11.